The number of rotatable bonds is 6. The molecule has 0 aromatic heterocycles. The number of anilines is 1. The molecule has 1 heterocycles. The average molecular weight is 468 g/mol. The highest BCUT2D eigenvalue weighted by Crippen LogP contribution is 2.39. The molecule has 176 valence electrons. The first-order valence-corrected chi connectivity index (χ1v) is 12.2. The SMILES string of the molecule is CCN(CCC#N)c1ccc(/C=C/C2=[N+](C)c3ccccc3C2(C)C)c(C)c1.O=P([O-])([O-])[O-]. The molecule has 8 heteroatoms. The Morgan fingerprint density at radius 2 is 1.79 bits per heavy atom. The lowest BCUT2D eigenvalue weighted by molar-refractivity contribution is -0.432. The maximum Gasteiger partial charge on any atom is 0.209 e. The van der Waals surface area contributed by atoms with Gasteiger partial charge in [0, 0.05) is 36.5 Å². The van der Waals surface area contributed by atoms with Crippen LogP contribution in [-0.2, 0) is 9.98 Å². The zero-order valence-electron chi connectivity index (χ0n) is 19.7. The van der Waals surface area contributed by atoms with Crippen molar-refractivity contribution >= 4 is 31.0 Å². The molecule has 0 atom stereocenters. The second-order valence-corrected chi connectivity index (χ2v) is 9.29. The molecule has 1 aliphatic rings. The molecular formula is C25H30N3O4P-2. The van der Waals surface area contributed by atoms with E-state index in [0.717, 1.165) is 13.1 Å². The van der Waals surface area contributed by atoms with Gasteiger partial charge in [-0.1, -0.05) is 24.3 Å². The lowest BCUT2D eigenvalue weighted by Crippen LogP contribution is -2.26. The van der Waals surface area contributed by atoms with Crippen LogP contribution in [-0.4, -0.2) is 30.4 Å². The van der Waals surface area contributed by atoms with Crippen molar-refractivity contribution in [3.8, 4) is 6.07 Å². The van der Waals surface area contributed by atoms with E-state index >= 15 is 0 Å². The van der Waals surface area contributed by atoms with Gasteiger partial charge in [-0.2, -0.15) is 17.7 Å². The number of allylic oxidation sites excluding steroid dienone is 1. The molecule has 0 aliphatic carbocycles. The monoisotopic (exact) mass is 467 g/mol. The van der Waals surface area contributed by atoms with Gasteiger partial charge in [0.15, 0.2) is 5.71 Å². The molecule has 2 aromatic carbocycles. The highest BCUT2D eigenvalue weighted by molar-refractivity contribution is 7.40. The Bertz CT molecular complexity index is 1130. The molecule has 0 radical (unpaired) electrons. The molecule has 1 aliphatic heterocycles. The van der Waals surface area contributed by atoms with E-state index in [1.54, 1.807) is 0 Å². The van der Waals surface area contributed by atoms with Crippen LogP contribution >= 0.6 is 7.82 Å². The maximum atomic E-state index is 8.87. The first-order chi connectivity index (χ1) is 15.4. The van der Waals surface area contributed by atoms with Crippen LogP contribution in [0.1, 0.15) is 43.9 Å². The number of fused-ring (bicyclic) bond motifs is 1. The van der Waals surface area contributed by atoms with Gasteiger partial charge < -0.3 is 24.1 Å². The van der Waals surface area contributed by atoms with E-state index in [1.807, 2.05) is 0 Å². The molecule has 0 amide bonds. The molecule has 0 N–H and O–H groups in total. The summed E-state index contributed by atoms with van der Waals surface area (Å²) in [5, 5.41) is 8.87. The molecule has 0 spiro atoms. The second-order valence-electron chi connectivity index (χ2n) is 8.40. The summed E-state index contributed by atoms with van der Waals surface area (Å²) in [5.41, 5.74) is 7.63. The summed E-state index contributed by atoms with van der Waals surface area (Å²) in [6, 6.07) is 17.5. The summed E-state index contributed by atoms with van der Waals surface area (Å²) in [6.07, 6.45) is 5.04. The van der Waals surface area contributed by atoms with Crippen LogP contribution in [0, 0.1) is 18.3 Å². The second kappa shape index (κ2) is 10.9. The first-order valence-electron chi connectivity index (χ1n) is 10.7. The molecule has 0 bridgehead atoms. The molecule has 7 nitrogen and oxygen atoms in total. The van der Waals surface area contributed by atoms with Crippen LogP contribution in [0.25, 0.3) is 6.08 Å². The lowest BCUT2D eigenvalue weighted by Gasteiger charge is -2.36. The molecule has 0 saturated carbocycles. The smallest absolute Gasteiger partial charge is 0.209 e. The predicted octanol–water partition coefficient (Wildman–Crippen LogP) is 2.63. The maximum absolute atomic E-state index is 8.87. The quantitative estimate of drug-likeness (QED) is 0.476. The fourth-order valence-corrected chi connectivity index (χ4v) is 4.17. The van der Waals surface area contributed by atoms with E-state index in [4.69, 9.17) is 24.5 Å². The third kappa shape index (κ3) is 6.86. The Kier molecular flexibility index (Phi) is 8.76. The fourth-order valence-electron chi connectivity index (χ4n) is 4.17. The minimum atomic E-state index is -5.39. The van der Waals surface area contributed by atoms with Crippen molar-refractivity contribution in [1.82, 2.24) is 0 Å². The Morgan fingerprint density at radius 3 is 2.33 bits per heavy atom. The van der Waals surface area contributed by atoms with Crippen molar-refractivity contribution in [1.29, 1.82) is 5.26 Å². The van der Waals surface area contributed by atoms with Crippen LogP contribution in [0.5, 0.6) is 0 Å². The zero-order valence-corrected chi connectivity index (χ0v) is 20.6. The van der Waals surface area contributed by atoms with E-state index in [9.17, 15) is 0 Å². The number of nitrogens with zero attached hydrogens (tertiary/aromatic N) is 3. The summed E-state index contributed by atoms with van der Waals surface area (Å²) in [7, 11) is -3.24. The molecule has 33 heavy (non-hydrogen) atoms. The van der Waals surface area contributed by atoms with E-state index in [0.29, 0.717) is 6.42 Å². The molecular weight excluding hydrogens is 437 g/mol. The van der Waals surface area contributed by atoms with Crippen molar-refractivity contribution in [2.24, 2.45) is 0 Å². The Morgan fingerprint density at radius 1 is 1.15 bits per heavy atom. The third-order valence-corrected chi connectivity index (χ3v) is 5.85. The Balaban J connectivity index is 0.000000696. The van der Waals surface area contributed by atoms with Crippen LogP contribution in [0.4, 0.5) is 11.4 Å². The average Bonchev–Trinajstić information content (AvgIpc) is 2.93. The van der Waals surface area contributed by atoms with Crippen molar-refractivity contribution in [3.63, 3.8) is 0 Å². The lowest BCUT2D eigenvalue weighted by atomic mass is 9.81. The van der Waals surface area contributed by atoms with E-state index in [-0.39, 0.29) is 5.41 Å². The van der Waals surface area contributed by atoms with Gasteiger partial charge in [0.2, 0.25) is 5.69 Å². The standard InChI is InChI=1S/C25H30N3.H3O4P/c1-6-28(17-9-16-26)21-14-12-20(19(2)18-21)13-15-24-25(3,4)22-10-7-8-11-23(22)27(24)5;1-5(2,3)4/h7-8,10-15,18H,6,9,17H2,1-5H3;(H3,1,2,3,4)/q+1;/p-3. The number of aryl methyl sites for hydroxylation is 1. The molecule has 0 unspecified atom stereocenters. The topological polar surface area (TPSA) is 116 Å². The zero-order chi connectivity index (χ0) is 24.8. The van der Waals surface area contributed by atoms with Gasteiger partial charge >= 0.3 is 0 Å². The van der Waals surface area contributed by atoms with Crippen LogP contribution < -0.4 is 19.6 Å². The molecule has 3 rings (SSSR count). The van der Waals surface area contributed by atoms with Gasteiger partial charge in [-0.25, -0.2) is 0 Å². The normalized spacial score (nSPS) is 14.5. The summed E-state index contributed by atoms with van der Waals surface area (Å²) in [5.74, 6) is 0. The van der Waals surface area contributed by atoms with Gasteiger partial charge in [-0.15, -0.1) is 0 Å². The molecule has 0 saturated heterocycles. The van der Waals surface area contributed by atoms with E-state index in [2.05, 4.69) is 105 Å². The van der Waals surface area contributed by atoms with Crippen LogP contribution in [0.2, 0.25) is 0 Å². The minimum Gasteiger partial charge on any atom is -0.822 e. The summed E-state index contributed by atoms with van der Waals surface area (Å²) < 4.78 is 10.9. The molecule has 2 aromatic rings. The molecule has 0 fully saturated rings. The summed E-state index contributed by atoms with van der Waals surface area (Å²) in [4.78, 5) is 27.9. The summed E-state index contributed by atoms with van der Waals surface area (Å²) in [6.45, 7) is 10.6. The number of nitriles is 1. The van der Waals surface area contributed by atoms with E-state index < -0.39 is 7.82 Å². The largest absolute Gasteiger partial charge is 0.822 e. The first kappa shape index (κ1) is 26.5. The number of para-hydroxylation sites is 1. The third-order valence-electron chi connectivity index (χ3n) is 5.85. The Hall–Kier alpha value is -2.75. The number of hydrogen-bond acceptors (Lipinski definition) is 6. The van der Waals surface area contributed by atoms with Crippen molar-refractivity contribution in [2.75, 3.05) is 25.0 Å². The highest BCUT2D eigenvalue weighted by atomic mass is 31.2. The van der Waals surface area contributed by atoms with Gasteiger partial charge in [0.05, 0.1) is 17.9 Å². The van der Waals surface area contributed by atoms with Crippen molar-refractivity contribution in [2.45, 2.75) is 39.5 Å². The number of phosphoric acid groups is 1. The predicted molar refractivity (Wildman–Crippen MR) is 126 cm³/mol. The van der Waals surface area contributed by atoms with Crippen LogP contribution in [0.3, 0.4) is 0 Å². The van der Waals surface area contributed by atoms with Crippen molar-refractivity contribution in [3.05, 3.63) is 65.2 Å². The summed E-state index contributed by atoms with van der Waals surface area (Å²) >= 11 is 0. The van der Waals surface area contributed by atoms with Gasteiger partial charge in [0.25, 0.3) is 0 Å². The van der Waals surface area contributed by atoms with Crippen LogP contribution in [0.15, 0.2) is 48.5 Å². The van der Waals surface area contributed by atoms with Gasteiger partial charge in [0.1, 0.15) is 7.05 Å². The number of hydrogen-bond donors (Lipinski definition) is 0. The highest BCUT2D eigenvalue weighted by Gasteiger charge is 2.42. The van der Waals surface area contributed by atoms with E-state index in [1.165, 1.54) is 33.8 Å². The van der Waals surface area contributed by atoms with Gasteiger partial charge in [-0.05, 0) is 57.0 Å². The van der Waals surface area contributed by atoms with Gasteiger partial charge in [-0.3, -0.25) is 0 Å². The minimum absolute atomic E-state index is 0.00794. The van der Waals surface area contributed by atoms with Crippen molar-refractivity contribution < 1.29 is 23.8 Å². The fraction of sp³-hybridized carbons (Fsp3) is 0.360. The Labute approximate surface area is 196 Å². The number of benzene rings is 2.